The summed E-state index contributed by atoms with van der Waals surface area (Å²) in [6.45, 7) is 4.75. The van der Waals surface area contributed by atoms with Crippen LogP contribution in [0.3, 0.4) is 0 Å². The van der Waals surface area contributed by atoms with Crippen LogP contribution in [0.1, 0.15) is 23.2 Å². The van der Waals surface area contributed by atoms with Crippen LogP contribution in [0.5, 0.6) is 0 Å². The number of ether oxygens (including phenoxy) is 1. The Balaban J connectivity index is 1.66. The summed E-state index contributed by atoms with van der Waals surface area (Å²) < 4.78 is 11.3. The zero-order valence-electron chi connectivity index (χ0n) is 14.0. The molecule has 2 aromatic rings. The van der Waals surface area contributed by atoms with Gasteiger partial charge in [0, 0.05) is 23.9 Å². The highest BCUT2D eigenvalue weighted by Gasteiger charge is 2.27. The van der Waals surface area contributed by atoms with Gasteiger partial charge >= 0.3 is 6.03 Å². The van der Waals surface area contributed by atoms with E-state index in [2.05, 4.69) is 5.32 Å². The van der Waals surface area contributed by atoms with Crippen molar-refractivity contribution in [2.24, 2.45) is 0 Å². The average Bonchev–Trinajstić information content (AvgIpc) is 3.01. The van der Waals surface area contributed by atoms with E-state index in [-0.39, 0.29) is 17.8 Å². The Labute approximate surface area is 144 Å². The zero-order valence-corrected chi connectivity index (χ0v) is 14.0. The van der Waals surface area contributed by atoms with Gasteiger partial charge in [0.25, 0.3) is 5.69 Å². The minimum atomic E-state index is -0.446. The number of urea groups is 1. The second-order valence-corrected chi connectivity index (χ2v) is 5.94. The molecule has 1 aromatic heterocycles. The van der Waals surface area contributed by atoms with Gasteiger partial charge in [0.15, 0.2) is 0 Å². The van der Waals surface area contributed by atoms with Crippen molar-refractivity contribution in [2.75, 3.05) is 25.0 Å². The molecule has 0 radical (unpaired) electrons. The minimum Gasteiger partial charge on any atom is -0.464 e. The van der Waals surface area contributed by atoms with Crippen molar-refractivity contribution < 1.29 is 18.9 Å². The molecular weight excluding hydrogens is 326 g/mol. The van der Waals surface area contributed by atoms with E-state index in [1.807, 2.05) is 19.1 Å². The fourth-order valence-electron chi connectivity index (χ4n) is 2.77. The van der Waals surface area contributed by atoms with E-state index >= 15 is 0 Å². The van der Waals surface area contributed by atoms with Gasteiger partial charge in [-0.25, -0.2) is 4.79 Å². The van der Waals surface area contributed by atoms with E-state index < -0.39 is 4.92 Å². The topological polar surface area (TPSA) is 97.9 Å². The number of nitro groups is 1. The first-order chi connectivity index (χ1) is 11.9. The van der Waals surface area contributed by atoms with Gasteiger partial charge in [-0.15, -0.1) is 0 Å². The molecule has 0 bridgehead atoms. The standard InChI is InChI=1S/C17H19N3O5/c1-11-9-13(4-5-14(11)20(22)23)18-17(21)19-7-8-24-16(10-19)15-6-3-12(2)25-15/h3-6,9,16H,7-8,10H2,1-2H3,(H,18,21). The van der Waals surface area contributed by atoms with Gasteiger partial charge < -0.3 is 19.4 Å². The lowest BCUT2D eigenvalue weighted by Crippen LogP contribution is -2.44. The van der Waals surface area contributed by atoms with Crippen molar-refractivity contribution in [1.82, 2.24) is 4.90 Å². The van der Waals surface area contributed by atoms with E-state index in [1.54, 1.807) is 17.9 Å². The molecule has 0 spiro atoms. The summed E-state index contributed by atoms with van der Waals surface area (Å²) in [5.41, 5.74) is 1.04. The lowest BCUT2D eigenvalue weighted by atomic mass is 10.2. The van der Waals surface area contributed by atoms with E-state index in [1.165, 1.54) is 12.1 Å². The van der Waals surface area contributed by atoms with Crippen LogP contribution in [-0.2, 0) is 4.74 Å². The maximum Gasteiger partial charge on any atom is 0.322 e. The maximum absolute atomic E-state index is 12.5. The van der Waals surface area contributed by atoms with Crippen LogP contribution in [0.25, 0.3) is 0 Å². The highest BCUT2D eigenvalue weighted by molar-refractivity contribution is 5.89. The Morgan fingerprint density at radius 1 is 1.32 bits per heavy atom. The summed E-state index contributed by atoms with van der Waals surface area (Å²) >= 11 is 0. The van der Waals surface area contributed by atoms with E-state index in [0.717, 1.165) is 5.76 Å². The van der Waals surface area contributed by atoms with Gasteiger partial charge in [-0.2, -0.15) is 0 Å². The van der Waals surface area contributed by atoms with Gasteiger partial charge in [-0.05, 0) is 38.1 Å². The Bertz CT molecular complexity index is 801. The third kappa shape index (κ3) is 3.80. The molecule has 8 nitrogen and oxygen atoms in total. The van der Waals surface area contributed by atoms with Gasteiger partial charge in [0.05, 0.1) is 18.1 Å². The lowest BCUT2D eigenvalue weighted by Gasteiger charge is -2.32. The number of carbonyl (C=O) groups excluding carboxylic acids is 1. The second-order valence-electron chi connectivity index (χ2n) is 5.94. The number of nitro benzene ring substituents is 1. The number of aryl methyl sites for hydroxylation is 2. The third-order valence-electron chi connectivity index (χ3n) is 4.08. The molecule has 0 aliphatic carbocycles. The highest BCUT2D eigenvalue weighted by Crippen LogP contribution is 2.25. The minimum absolute atomic E-state index is 0.0256. The molecule has 2 amide bonds. The second kappa shape index (κ2) is 6.94. The van der Waals surface area contributed by atoms with Gasteiger partial charge in [-0.3, -0.25) is 10.1 Å². The third-order valence-corrected chi connectivity index (χ3v) is 4.08. The molecule has 0 saturated carbocycles. The van der Waals surface area contributed by atoms with Crippen molar-refractivity contribution >= 4 is 17.4 Å². The molecule has 1 saturated heterocycles. The number of nitrogens with one attached hydrogen (secondary N) is 1. The summed E-state index contributed by atoms with van der Waals surface area (Å²) in [7, 11) is 0. The summed E-state index contributed by atoms with van der Waals surface area (Å²) in [6, 6.07) is 7.93. The number of nitrogens with zero attached hydrogens (tertiary/aromatic N) is 2. The van der Waals surface area contributed by atoms with Gasteiger partial charge in [-0.1, -0.05) is 0 Å². The Morgan fingerprint density at radius 2 is 2.12 bits per heavy atom. The predicted molar refractivity (Wildman–Crippen MR) is 90.6 cm³/mol. The summed E-state index contributed by atoms with van der Waals surface area (Å²) in [5.74, 6) is 1.49. The predicted octanol–water partition coefficient (Wildman–Crippen LogP) is 3.41. The first kappa shape index (κ1) is 17.0. The van der Waals surface area contributed by atoms with E-state index in [4.69, 9.17) is 9.15 Å². The molecule has 2 heterocycles. The lowest BCUT2D eigenvalue weighted by molar-refractivity contribution is -0.385. The molecule has 1 aromatic carbocycles. The number of hydrogen-bond donors (Lipinski definition) is 1. The van der Waals surface area contributed by atoms with Crippen molar-refractivity contribution in [3.8, 4) is 0 Å². The molecule has 1 aliphatic heterocycles. The Kier molecular flexibility index (Phi) is 4.71. The number of benzene rings is 1. The Hall–Kier alpha value is -2.87. The number of furan rings is 1. The average molecular weight is 345 g/mol. The zero-order chi connectivity index (χ0) is 18.0. The molecular formula is C17H19N3O5. The number of hydrogen-bond acceptors (Lipinski definition) is 5. The van der Waals surface area contributed by atoms with Crippen LogP contribution in [0.15, 0.2) is 34.7 Å². The number of anilines is 1. The fourth-order valence-corrected chi connectivity index (χ4v) is 2.77. The molecule has 1 fully saturated rings. The SMILES string of the molecule is Cc1ccc(C2CN(C(=O)Nc3ccc([N+](=O)[O-])c(C)c3)CCO2)o1. The largest absolute Gasteiger partial charge is 0.464 e. The molecule has 1 aliphatic rings. The van der Waals surface area contributed by atoms with Crippen molar-refractivity contribution in [2.45, 2.75) is 20.0 Å². The molecule has 1 N–H and O–H groups in total. The van der Waals surface area contributed by atoms with Gasteiger partial charge in [0.2, 0.25) is 0 Å². The summed E-state index contributed by atoms with van der Waals surface area (Å²) in [4.78, 5) is 24.5. The van der Waals surface area contributed by atoms with Crippen LogP contribution in [0.2, 0.25) is 0 Å². The van der Waals surface area contributed by atoms with Crippen LogP contribution in [0, 0.1) is 24.0 Å². The van der Waals surface area contributed by atoms with Crippen LogP contribution >= 0.6 is 0 Å². The van der Waals surface area contributed by atoms with E-state index in [9.17, 15) is 14.9 Å². The normalized spacial score (nSPS) is 17.4. The number of morpholine rings is 1. The molecule has 25 heavy (non-hydrogen) atoms. The monoisotopic (exact) mass is 345 g/mol. The molecule has 3 rings (SSSR count). The summed E-state index contributed by atoms with van der Waals surface area (Å²) in [5, 5.41) is 13.6. The van der Waals surface area contributed by atoms with E-state index in [0.29, 0.717) is 36.7 Å². The number of rotatable bonds is 3. The van der Waals surface area contributed by atoms with Crippen LogP contribution in [-0.4, -0.2) is 35.6 Å². The number of amides is 2. The van der Waals surface area contributed by atoms with Gasteiger partial charge in [0.1, 0.15) is 17.6 Å². The van der Waals surface area contributed by atoms with Crippen molar-refractivity contribution in [1.29, 1.82) is 0 Å². The van der Waals surface area contributed by atoms with Crippen molar-refractivity contribution in [3.05, 3.63) is 57.5 Å². The van der Waals surface area contributed by atoms with Crippen molar-refractivity contribution in [3.63, 3.8) is 0 Å². The first-order valence-corrected chi connectivity index (χ1v) is 7.93. The fraction of sp³-hybridized carbons (Fsp3) is 0.353. The summed E-state index contributed by atoms with van der Waals surface area (Å²) in [6.07, 6.45) is -0.299. The molecule has 1 atom stereocenters. The number of carbonyl (C=O) groups is 1. The Morgan fingerprint density at radius 3 is 2.76 bits per heavy atom. The first-order valence-electron chi connectivity index (χ1n) is 7.93. The quantitative estimate of drug-likeness (QED) is 0.679. The van der Waals surface area contributed by atoms with Crippen LogP contribution in [0.4, 0.5) is 16.2 Å². The molecule has 1 unspecified atom stereocenters. The van der Waals surface area contributed by atoms with Crippen LogP contribution < -0.4 is 5.32 Å². The highest BCUT2D eigenvalue weighted by atomic mass is 16.6. The maximum atomic E-state index is 12.5. The molecule has 8 heteroatoms. The smallest absolute Gasteiger partial charge is 0.322 e. The molecule has 132 valence electrons.